The van der Waals surface area contributed by atoms with Gasteiger partial charge in [0.05, 0.1) is 27.8 Å². The van der Waals surface area contributed by atoms with Crippen LogP contribution in [0.1, 0.15) is 57.0 Å². The average molecular weight is 442 g/mol. The number of rotatable bonds is 1. The Labute approximate surface area is 192 Å². The van der Waals surface area contributed by atoms with Gasteiger partial charge in [0, 0.05) is 29.8 Å². The van der Waals surface area contributed by atoms with Crippen LogP contribution in [0.25, 0.3) is 11.0 Å². The Morgan fingerprint density at radius 2 is 1.67 bits per heavy atom. The third-order valence-electron chi connectivity index (χ3n) is 9.25. The van der Waals surface area contributed by atoms with E-state index in [-0.39, 0.29) is 23.5 Å². The molecule has 2 aliphatic carbocycles. The van der Waals surface area contributed by atoms with Crippen molar-refractivity contribution in [2.24, 2.45) is 5.41 Å². The summed E-state index contributed by atoms with van der Waals surface area (Å²) in [6.45, 7) is 7.72. The summed E-state index contributed by atoms with van der Waals surface area (Å²) in [5.74, 6) is 1.58. The molecule has 1 amide bonds. The number of hydrogen-bond donors (Lipinski definition) is 0. The van der Waals surface area contributed by atoms with Gasteiger partial charge in [0.15, 0.2) is 11.5 Å². The van der Waals surface area contributed by atoms with Gasteiger partial charge in [-0.3, -0.25) is 4.79 Å². The number of para-hydroxylation sites is 1. The standard InChI is InChI=1S/C27H27N3O3/c1-25(2)26(3)10-11-27(25,24(31)30-12-6-8-16-7-4-5-9-19(16)30)23-22(26)28-17-13-20-21(33-15-32-20)14-18(17)29-23/h4-5,7,9,13-14H,6,8,10-12,15H2,1-3H3. The van der Waals surface area contributed by atoms with Crippen molar-refractivity contribution in [2.45, 2.75) is 57.3 Å². The topological polar surface area (TPSA) is 64.6 Å². The van der Waals surface area contributed by atoms with Crippen LogP contribution < -0.4 is 14.4 Å². The van der Waals surface area contributed by atoms with Crippen LogP contribution in [-0.2, 0) is 22.0 Å². The Kier molecular flexibility index (Phi) is 3.54. The van der Waals surface area contributed by atoms with Crippen LogP contribution >= 0.6 is 0 Å². The van der Waals surface area contributed by atoms with Crippen molar-refractivity contribution in [3.8, 4) is 11.5 Å². The zero-order chi connectivity index (χ0) is 22.6. The fraction of sp³-hybridized carbons (Fsp3) is 0.444. The summed E-state index contributed by atoms with van der Waals surface area (Å²) < 4.78 is 11.2. The normalized spacial score (nSPS) is 28.2. The second-order valence-electron chi connectivity index (χ2n) is 10.7. The van der Waals surface area contributed by atoms with Gasteiger partial charge in [0.1, 0.15) is 0 Å². The smallest absolute Gasteiger partial charge is 0.239 e. The van der Waals surface area contributed by atoms with Crippen molar-refractivity contribution < 1.29 is 14.3 Å². The van der Waals surface area contributed by atoms with Crippen molar-refractivity contribution in [3.05, 3.63) is 53.3 Å². The van der Waals surface area contributed by atoms with Gasteiger partial charge in [-0.1, -0.05) is 39.0 Å². The van der Waals surface area contributed by atoms with E-state index in [2.05, 4.69) is 39.0 Å². The minimum Gasteiger partial charge on any atom is -0.454 e. The maximum Gasteiger partial charge on any atom is 0.239 e. The van der Waals surface area contributed by atoms with Gasteiger partial charge in [-0.2, -0.15) is 0 Å². The van der Waals surface area contributed by atoms with Gasteiger partial charge in [-0.05, 0) is 42.7 Å². The summed E-state index contributed by atoms with van der Waals surface area (Å²) in [6, 6.07) is 12.2. The van der Waals surface area contributed by atoms with Crippen LogP contribution in [0, 0.1) is 5.41 Å². The molecule has 4 aliphatic rings. The van der Waals surface area contributed by atoms with Crippen LogP contribution in [-0.4, -0.2) is 29.2 Å². The molecule has 168 valence electrons. The first-order valence-corrected chi connectivity index (χ1v) is 11.9. The lowest BCUT2D eigenvalue weighted by molar-refractivity contribution is -0.127. The maximum absolute atomic E-state index is 14.6. The highest BCUT2D eigenvalue weighted by atomic mass is 16.7. The SMILES string of the molecule is CC12CCC(C(=O)N3CCCc4ccccc43)(c3nc4cc5c(cc4nc31)OCO5)C2(C)C. The van der Waals surface area contributed by atoms with E-state index in [0.717, 1.165) is 60.3 Å². The lowest BCUT2D eigenvalue weighted by Gasteiger charge is -2.43. The quantitative estimate of drug-likeness (QED) is 0.549. The van der Waals surface area contributed by atoms with Crippen molar-refractivity contribution in [3.63, 3.8) is 0 Å². The zero-order valence-electron chi connectivity index (χ0n) is 19.3. The number of aromatic nitrogens is 2. The van der Waals surface area contributed by atoms with E-state index in [9.17, 15) is 4.79 Å². The Balaban J connectivity index is 1.46. The first-order chi connectivity index (χ1) is 15.9. The zero-order valence-corrected chi connectivity index (χ0v) is 19.3. The molecule has 3 heterocycles. The van der Waals surface area contributed by atoms with Gasteiger partial charge in [-0.25, -0.2) is 9.97 Å². The molecule has 2 unspecified atom stereocenters. The lowest BCUT2D eigenvalue weighted by atomic mass is 9.63. The van der Waals surface area contributed by atoms with E-state index in [1.54, 1.807) is 0 Å². The van der Waals surface area contributed by atoms with E-state index in [1.165, 1.54) is 5.56 Å². The van der Waals surface area contributed by atoms with E-state index in [1.807, 2.05) is 23.1 Å². The van der Waals surface area contributed by atoms with E-state index in [0.29, 0.717) is 11.5 Å². The number of fused-ring (bicyclic) bond motifs is 8. The number of benzene rings is 2. The largest absolute Gasteiger partial charge is 0.454 e. The van der Waals surface area contributed by atoms with Gasteiger partial charge in [0.2, 0.25) is 12.7 Å². The Bertz CT molecular complexity index is 1370. The van der Waals surface area contributed by atoms with Crippen molar-refractivity contribution in [2.75, 3.05) is 18.2 Å². The molecule has 6 nitrogen and oxygen atoms in total. The highest BCUT2D eigenvalue weighted by Gasteiger charge is 2.73. The molecule has 1 aromatic heterocycles. The summed E-state index contributed by atoms with van der Waals surface area (Å²) in [5.41, 5.74) is 4.48. The van der Waals surface area contributed by atoms with Crippen LogP contribution in [0.5, 0.6) is 11.5 Å². The van der Waals surface area contributed by atoms with E-state index in [4.69, 9.17) is 19.4 Å². The van der Waals surface area contributed by atoms with Crippen molar-refractivity contribution >= 4 is 22.6 Å². The molecule has 2 aliphatic heterocycles. The average Bonchev–Trinajstić information content (AvgIpc) is 3.40. The molecule has 0 spiro atoms. The summed E-state index contributed by atoms with van der Waals surface area (Å²) in [4.78, 5) is 26.9. The predicted molar refractivity (Wildman–Crippen MR) is 125 cm³/mol. The third kappa shape index (κ3) is 2.13. The van der Waals surface area contributed by atoms with Crippen LogP contribution in [0.4, 0.5) is 5.69 Å². The first kappa shape index (κ1) is 19.3. The molecule has 2 atom stereocenters. The summed E-state index contributed by atoms with van der Waals surface area (Å²) in [7, 11) is 0. The molecule has 3 aromatic rings. The molecule has 7 rings (SSSR count). The van der Waals surface area contributed by atoms with Crippen LogP contribution in [0.2, 0.25) is 0 Å². The Morgan fingerprint density at radius 3 is 2.42 bits per heavy atom. The Hall–Kier alpha value is -3.15. The minimum absolute atomic E-state index is 0.177. The Morgan fingerprint density at radius 1 is 0.970 bits per heavy atom. The van der Waals surface area contributed by atoms with Gasteiger partial charge < -0.3 is 14.4 Å². The first-order valence-electron chi connectivity index (χ1n) is 11.9. The number of ether oxygens (including phenoxy) is 2. The van der Waals surface area contributed by atoms with Crippen molar-refractivity contribution in [1.29, 1.82) is 0 Å². The van der Waals surface area contributed by atoms with Gasteiger partial charge >= 0.3 is 0 Å². The molecule has 6 heteroatoms. The number of hydrogen-bond acceptors (Lipinski definition) is 5. The minimum atomic E-state index is -0.695. The van der Waals surface area contributed by atoms with Crippen LogP contribution in [0.3, 0.4) is 0 Å². The highest BCUT2D eigenvalue weighted by Crippen LogP contribution is 2.70. The van der Waals surface area contributed by atoms with Crippen LogP contribution in [0.15, 0.2) is 36.4 Å². The molecule has 0 radical (unpaired) electrons. The van der Waals surface area contributed by atoms with Gasteiger partial charge in [0.25, 0.3) is 0 Å². The molecule has 2 aromatic carbocycles. The van der Waals surface area contributed by atoms with Gasteiger partial charge in [-0.15, -0.1) is 0 Å². The molecule has 0 N–H and O–H groups in total. The molecule has 33 heavy (non-hydrogen) atoms. The molecule has 2 bridgehead atoms. The van der Waals surface area contributed by atoms with E-state index < -0.39 is 5.41 Å². The summed E-state index contributed by atoms with van der Waals surface area (Å²) in [5, 5.41) is 0. The second kappa shape index (κ2) is 6.04. The number of aryl methyl sites for hydroxylation is 1. The molecule has 1 saturated carbocycles. The highest BCUT2D eigenvalue weighted by molar-refractivity contribution is 6.04. The number of anilines is 1. The summed E-state index contributed by atoms with van der Waals surface area (Å²) >= 11 is 0. The molecule has 0 saturated heterocycles. The molecular formula is C27H27N3O3. The third-order valence-corrected chi connectivity index (χ3v) is 9.25. The lowest BCUT2D eigenvalue weighted by Crippen LogP contribution is -2.54. The fourth-order valence-corrected chi connectivity index (χ4v) is 6.94. The number of carbonyl (C=O) groups excluding carboxylic acids is 1. The van der Waals surface area contributed by atoms with Crippen molar-refractivity contribution in [1.82, 2.24) is 9.97 Å². The predicted octanol–water partition coefficient (Wildman–Crippen LogP) is 4.67. The van der Waals surface area contributed by atoms with E-state index >= 15 is 0 Å². The second-order valence-corrected chi connectivity index (χ2v) is 10.7. The monoisotopic (exact) mass is 441 g/mol. The molecule has 1 fully saturated rings. The number of nitrogens with zero attached hydrogens (tertiary/aromatic N) is 3. The number of amides is 1. The maximum atomic E-state index is 14.6. The fourth-order valence-electron chi connectivity index (χ4n) is 6.94. The molecular weight excluding hydrogens is 414 g/mol. The summed E-state index contributed by atoms with van der Waals surface area (Å²) in [6.07, 6.45) is 3.73. The number of carbonyl (C=O) groups is 1.